The second-order valence-corrected chi connectivity index (χ2v) is 6.65. The van der Waals surface area contributed by atoms with Gasteiger partial charge in [0.1, 0.15) is 11.3 Å². The van der Waals surface area contributed by atoms with E-state index in [0.717, 1.165) is 12.1 Å². The van der Waals surface area contributed by atoms with E-state index in [9.17, 15) is 9.59 Å². The van der Waals surface area contributed by atoms with E-state index in [0.29, 0.717) is 41.4 Å². The summed E-state index contributed by atoms with van der Waals surface area (Å²) in [6.45, 7) is 6.31. The van der Waals surface area contributed by atoms with Crippen molar-refractivity contribution in [3.05, 3.63) is 35.2 Å². The fourth-order valence-corrected chi connectivity index (χ4v) is 3.13. The minimum atomic E-state index is -0.278. The molecule has 3 rings (SSSR count). The van der Waals surface area contributed by atoms with Gasteiger partial charge in [-0.05, 0) is 25.5 Å². The number of nitrogens with one attached hydrogen (secondary N) is 1. The SMILES string of the molecule is COc1cc(NC(=O)c2c(C)noc2C(C)C)ccc1N1CCCC1=O. The van der Waals surface area contributed by atoms with Crippen molar-refractivity contribution in [2.24, 2.45) is 0 Å². The first kappa shape index (κ1) is 18.0. The fraction of sp³-hybridized carbons (Fsp3) is 0.421. The van der Waals surface area contributed by atoms with Crippen molar-refractivity contribution in [1.82, 2.24) is 5.16 Å². The fourth-order valence-electron chi connectivity index (χ4n) is 3.13. The van der Waals surface area contributed by atoms with Crippen molar-refractivity contribution in [3.63, 3.8) is 0 Å². The van der Waals surface area contributed by atoms with Crippen LogP contribution >= 0.6 is 0 Å². The highest BCUT2D eigenvalue weighted by Gasteiger charge is 2.26. The van der Waals surface area contributed by atoms with E-state index in [1.807, 2.05) is 13.8 Å². The zero-order chi connectivity index (χ0) is 18.8. The third-order valence-electron chi connectivity index (χ3n) is 4.44. The number of aromatic nitrogens is 1. The predicted molar refractivity (Wildman–Crippen MR) is 97.9 cm³/mol. The lowest BCUT2D eigenvalue weighted by molar-refractivity contribution is -0.117. The molecule has 1 fully saturated rings. The highest BCUT2D eigenvalue weighted by Crippen LogP contribution is 2.34. The first-order valence-corrected chi connectivity index (χ1v) is 8.68. The molecule has 138 valence electrons. The van der Waals surface area contributed by atoms with Crippen LogP contribution in [-0.2, 0) is 4.79 Å². The van der Waals surface area contributed by atoms with Crippen LogP contribution in [0.25, 0.3) is 0 Å². The van der Waals surface area contributed by atoms with Gasteiger partial charge >= 0.3 is 0 Å². The Hall–Kier alpha value is -2.83. The smallest absolute Gasteiger partial charge is 0.261 e. The second kappa shape index (κ2) is 7.19. The average Bonchev–Trinajstić information content (AvgIpc) is 3.20. The van der Waals surface area contributed by atoms with Crippen molar-refractivity contribution in [3.8, 4) is 5.75 Å². The Labute approximate surface area is 152 Å². The number of aryl methyl sites for hydroxylation is 1. The molecular weight excluding hydrogens is 334 g/mol. The first-order valence-electron chi connectivity index (χ1n) is 8.68. The third-order valence-corrected chi connectivity index (χ3v) is 4.44. The van der Waals surface area contributed by atoms with Crippen molar-refractivity contribution >= 4 is 23.2 Å². The van der Waals surface area contributed by atoms with Gasteiger partial charge in [0.15, 0.2) is 5.76 Å². The summed E-state index contributed by atoms with van der Waals surface area (Å²) >= 11 is 0. The largest absolute Gasteiger partial charge is 0.494 e. The van der Waals surface area contributed by atoms with Crippen molar-refractivity contribution in [2.75, 3.05) is 23.9 Å². The minimum absolute atomic E-state index is 0.0510. The Bertz CT molecular complexity index is 841. The lowest BCUT2D eigenvalue weighted by atomic mass is 10.0. The highest BCUT2D eigenvalue weighted by molar-refractivity contribution is 6.06. The van der Waals surface area contributed by atoms with E-state index in [2.05, 4.69) is 10.5 Å². The minimum Gasteiger partial charge on any atom is -0.494 e. The molecule has 0 radical (unpaired) electrons. The topological polar surface area (TPSA) is 84.7 Å². The summed E-state index contributed by atoms with van der Waals surface area (Å²) in [5, 5.41) is 6.77. The number of anilines is 2. The standard InChI is InChI=1S/C19H23N3O4/c1-11(2)18-17(12(3)21-26-18)19(24)20-13-7-8-14(15(10-13)25-4)22-9-5-6-16(22)23/h7-8,10-11H,5-6,9H2,1-4H3,(H,20,24). The van der Waals surface area contributed by atoms with Gasteiger partial charge in [-0.15, -0.1) is 0 Å². The summed E-state index contributed by atoms with van der Waals surface area (Å²) in [5.41, 5.74) is 2.31. The molecule has 1 aliphatic heterocycles. The maximum Gasteiger partial charge on any atom is 0.261 e. The molecule has 0 atom stereocenters. The zero-order valence-electron chi connectivity index (χ0n) is 15.5. The van der Waals surface area contributed by atoms with Gasteiger partial charge in [-0.25, -0.2) is 0 Å². The van der Waals surface area contributed by atoms with Crippen LogP contribution in [-0.4, -0.2) is 30.6 Å². The molecule has 0 spiro atoms. The van der Waals surface area contributed by atoms with Gasteiger partial charge in [0.25, 0.3) is 5.91 Å². The molecule has 7 heteroatoms. The van der Waals surface area contributed by atoms with Crippen LogP contribution in [0.2, 0.25) is 0 Å². The number of amides is 2. The van der Waals surface area contributed by atoms with E-state index in [-0.39, 0.29) is 17.7 Å². The van der Waals surface area contributed by atoms with Gasteiger partial charge in [-0.3, -0.25) is 9.59 Å². The molecule has 0 bridgehead atoms. The van der Waals surface area contributed by atoms with E-state index in [1.165, 1.54) is 0 Å². The molecule has 7 nitrogen and oxygen atoms in total. The van der Waals surface area contributed by atoms with Gasteiger partial charge in [0.2, 0.25) is 5.91 Å². The molecule has 1 saturated heterocycles. The van der Waals surface area contributed by atoms with Crippen LogP contribution in [0.15, 0.2) is 22.7 Å². The van der Waals surface area contributed by atoms with E-state index in [1.54, 1.807) is 37.1 Å². The number of hydrogen-bond donors (Lipinski definition) is 1. The van der Waals surface area contributed by atoms with Crippen LogP contribution < -0.4 is 15.0 Å². The van der Waals surface area contributed by atoms with E-state index >= 15 is 0 Å². The summed E-state index contributed by atoms with van der Waals surface area (Å²) < 4.78 is 10.7. The molecule has 26 heavy (non-hydrogen) atoms. The molecule has 1 aliphatic rings. The third kappa shape index (κ3) is 3.29. The van der Waals surface area contributed by atoms with E-state index in [4.69, 9.17) is 9.26 Å². The molecule has 2 aromatic rings. The Morgan fingerprint density at radius 3 is 2.77 bits per heavy atom. The van der Waals surface area contributed by atoms with Crippen LogP contribution in [0.4, 0.5) is 11.4 Å². The summed E-state index contributed by atoms with van der Waals surface area (Å²) in [4.78, 5) is 26.4. The van der Waals surface area contributed by atoms with Crippen molar-refractivity contribution < 1.29 is 18.8 Å². The van der Waals surface area contributed by atoms with Crippen LogP contribution in [0, 0.1) is 6.92 Å². The number of benzene rings is 1. The number of methoxy groups -OCH3 is 1. The van der Waals surface area contributed by atoms with Gasteiger partial charge in [0.05, 0.1) is 18.5 Å². The molecule has 1 N–H and O–H groups in total. The van der Waals surface area contributed by atoms with Gasteiger partial charge < -0.3 is 19.5 Å². The van der Waals surface area contributed by atoms with Crippen molar-refractivity contribution in [1.29, 1.82) is 0 Å². The summed E-state index contributed by atoms with van der Waals surface area (Å²) in [5.74, 6) is 0.965. The number of ether oxygens (including phenoxy) is 1. The molecule has 1 aromatic carbocycles. The lowest BCUT2D eigenvalue weighted by Gasteiger charge is -2.19. The Kier molecular flexibility index (Phi) is 4.97. The van der Waals surface area contributed by atoms with Crippen LogP contribution in [0.3, 0.4) is 0 Å². The quantitative estimate of drug-likeness (QED) is 0.885. The molecule has 0 saturated carbocycles. The Balaban J connectivity index is 1.86. The Morgan fingerprint density at radius 1 is 1.38 bits per heavy atom. The summed E-state index contributed by atoms with van der Waals surface area (Å²) in [7, 11) is 1.55. The van der Waals surface area contributed by atoms with Crippen LogP contribution in [0.5, 0.6) is 5.75 Å². The first-order chi connectivity index (χ1) is 12.4. The number of carbonyl (C=O) groups is 2. The molecule has 2 amide bonds. The van der Waals surface area contributed by atoms with E-state index < -0.39 is 0 Å². The van der Waals surface area contributed by atoms with Gasteiger partial charge in [0, 0.05) is 30.6 Å². The summed E-state index contributed by atoms with van der Waals surface area (Å²) in [6, 6.07) is 5.28. The maximum absolute atomic E-state index is 12.7. The molecule has 0 aliphatic carbocycles. The number of rotatable bonds is 5. The van der Waals surface area contributed by atoms with Crippen molar-refractivity contribution in [2.45, 2.75) is 39.5 Å². The molecule has 0 unspecified atom stereocenters. The van der Waals surface area contributed by atoms with Gasteiger partial charge in [-0.2, -0.15) is 0 Å². The predicted octanol–water partition coefficient (Wildman–Crippen LogP) is 3.49. The zero-order valence-corrected chi connectivity index (χ0v) is 15.5. The number of nitrogens with zero attached hydrogens (tertiary/aromatic N) is 2. The normalized spacial score (nSPS) is 14.2. The maximum atomic E-state index is 12.7. The summed E-state index contributed by atoms with van der Waals surface area (Å²) in [6.07, 6.45) is 1.39. The Morgan fingerprint density at radius 2 is 2.15 bits per heavy atom. The second-order valence-electron chi connectivity index (χ2n) is 6.65. The highest BCUT2D eigenvalue weighted by atomic mass is 16.5. The molecule has 2 heterocycles. The number of carbonyl (C=O) groups excluding carboxylic acids is 2. The number of hydrogen-bond acceptors (Lipinski definition) is 5. The lowest BCUT2D eigenvalue weighted by Crippen LogP contribution is -2.24. The average molecular weight is 357 g/mol. The van der Waals surface area contributed by atoms with Crippen LogP contribution in [0.1, 0.15) is 54.4 Å². The molecule has 1 aromatic heterocycles. The molecular formula is C19H23N3O4. The van der Waals surface area contributed by atoms with Gasteiger partial charge in [-0.1, -0.05) is 19.0 Å². The monoisotopic (exact) mass is 357 g/mol.